The molecule has 10 heteroatoms. The molecule has 0 saturated carbocycles. The summed E-state index contributed by atoms with van der Waals surface area (Å²) in [5.74, 6) is -9.13. The van der Waals surface area contributed by atoms with Crippen molar-refractivity contribution in [3.05, 3.63) is 0 Å². The van der Waals surface area contributed by atoms with Crippen LogP contribution in [-0.2, 0) is 9.59 Å². The fraction of sp³-hybridized carbons (Fsp3) is 0.778. The average Bonchev–Trinajstić information content (AvgIpc) is 2.12. The number of carbonyl (C=O) groups is 2. The summed E-state index contributed by atoms with van der Waals surface area (Å²) >= 11 is 0. The summed E-state index contributed by atoms with van der Waals surface area (Å²) in [5, 5.41) is 9.92. The number of halogens is 6. The first-order valence-electron chi connectivity index (χ1n) is 5.05. The zero-order valence-electron chi connectivity index (χ0n) is 9.60. The van der Waals surface area contributed by atoms with Crippen LogP contribution in [0.3, 0.4) is 0 Å². The molecule has 0 heterocycles. The van der Waals surface area contributed by atoms with Crippen LogP contribution >= 0.6 is 0 Å². The monoisotopic (exact) mass is 295 g/mol. The molecule has 0 aromatic carbocycles. The Morgan fingerprint density at radius 2 is 1.53 bits per heavy atom. The van der Waals surface area contributed by atoms with Crippen LogP contribution in [0, 0.1) is 11.8 Å². The van der Waals surface area contributed by atoms with Gasteiger partial charge < -0.3 is 10.4 Å². The number of amides is 1. The van der Waals surface area contributed by atoms with Gasteiger partial charge in [0.05, 0.1) is 5.92 Å². The minimum Gasteiger partial charge on any atom is -0.481 e. The maximum absolute atomic E-state index is 12.1. The van der Waals surface area contributed by atoms with E-state index in [2.05, 4.69) is 0 Å². The van der Waals surface area contributed by atoms with E-state index >= 15 is 0 Å². The first-order valence-corrected chi connectivity index (χ1v) is 5.05. The van der Waals surface area contributed by atoms with Gasteiger partial charge in [0.1, 0.15) is 0 Å². The molecule has 0 rings (SSSR count). The third-order valence-corrected chi connectivity index (χ3v) is 2.28. The first-order chi connectivity index (χ1) is 8.41. The fourth-order valence-corrected chi connectivity index (χ4v) is 1.21. The molecule has 1 atom stereocenters. The van der Waals surface area contributed by atoms with Crippen LogP contribution in [0.25, 0.3) is 0 Å². The summed E-state index contributed by atoms with van der Waals surface area (Å²) in [6.07, 6.45) is -11.6. The maximum atomic E-state index is 12.1. The third kappa shape index (κ3) is 5.35. The molecule has 112 valence electrons. The minimum absolute atomic E-state index is 0.0433. The van der Waals surface area contributed by atoms with E-state index in [-0.39, 0.29) is 6.42 Å². The molecular formula is C9H11F6NO3. The molecule has 0 aliphatic carbocycles. The Kier molecular flexibility index (Phi) is 5.63. The topological polar surface area (TPSA) is 66.4 Å². The van der Waals surface area contributed by atoms with Gasteiger partial charge >= 0.3 is 18.3 Å². The standard InChI is InChI=1S/C9H11F6NO3/c1-2-4(7(18)19)3-16-6(17)5(8(10,11)12)9(13,14)15/h4-5H,2-3H2,1H3,(H,16,17)(H,18,19). The molecule has 0 aliphatic rings. The summed E-state index contributed by atoms with van der Waals surface area (Å²) in [6, 6.07) is 0. The normalized spacial score (nSPS) is 14.3. The quantitative estimate of drug-likeness (QED) is 0.762. The molecule has 4 nitrogen and oxygen atoms in total. The van der Waals surface area contributed by atoms with Crippen molar-refractivity contribution < 1.29 is 41.0 Å². The molecule has 1 unspecified atom stereocenters. The molecule has 0 fully saturated rings. The van der Waals surface area contributed by atoms with Gasteiger partial charge in [0.25, 0.3) is 0 Å². The average molecular weight is 295 g/mol. The number of hydrogen-bond donors (Lipinski definition) is 2. The van der Waals surface area contributed by atoms with E-state index in [1.165, 1.54) is 12.2 Å². The molecule has 0 bridgehead atoms. The lowest BCUT2D eigenvalue weighted by atomic mass is 10.1. The molecule has 1 amide bonds. The Morgan fingerprint density at radius 1 is 1.11 bits per heavy atom. The lowest BCUT2D eigenvalue weighted by Crippen LogP contribution is -2.49. The number of nitrogens with one attached hydrogen (secondary N) is 1. The summed E-state index contributed by atoms with van der Waals surface area (Å²) in [6.45, 7) is 0.573. The number of rotatable bonds is 5. The largest absolute Gasteiger partial charge is 0.481 e. The molecule has 19 heavy (non-hydrogen) atoms. The third-order valence-electron chi connectivity index (χ3n) is 2.28. The second-order valence-corrected chi connectivity index (χ2v) is 3.70. The first kappa shape index (κ1) is 17.5. The Balaban J connectivity index is 4.82. The van der Waals surface area contributed by atoms with Gasteiger partial charge in [-0.25, -0.2) is 0 Å². The van der Waals surface area contributed by atoms with Crippen molar-refractivity contribution in [2.45, 2.75) is 25.7 Å². The second-order valence-electron chi connectivity index (χ2n) is 3.70. The van der Waals surface area contributed by atoms with Gasteiger partial charge in [0.15, 0.2) is 0 Å². The summed E-state index contributed by atoms with van der Waals surface area (Å²) in [7, 11) is 0. The van der Waals surface area contributed by atoms with Crippen molar-refractivity contribution in [2.24, 2.45) is 11.8 Å². The number of aliphatic carboxylic acids is 1. The summed E-state index contributed by atoms with van der Waals surface area (Å²) in [4.78, 5) is 21.4. The molecule has 0 aromatic rings. The smallest absolute Gasteiger partial charge is 0.409 e. The van der Waals surface area contributed by atoms with Crippen molar-refractivity contribution in [2.75, 3.05) is 6.54 Å². The Hall–Kier alpha value is -1.48. The molecule has 0 radical (unpaired) electrons. The van der Waals surface area contributed by atoms with Gasteiger partial charge in [-0.3, -0.25) is 9.59 Å². The fourth-order valence-electron chi connectivity index (χ4n) is 1.21. The SMILES string of the molecule is CCC(CNC(=O)C(C(F)(F)F)C(F)(F)F)C(=O)O. The van der Waals surface area contributed by atoms with Crippen molar-refractivity contribution >= 4 is 11.9 Å². The molecule has 2 N–H and O–H groups in total. The molecule has 0 aliphatic heterocycles. The van der Waals surface area contributed by atoms with Gasteiger partial charge in [-0.1, -0.05) is 6.92 Å². The van der Waals surface area contributed by atoms with Crippen LogP contribution in [0.4, 0.5) is 26.3 Å². The lowest BCUT2D eigenvalue weighted by Gasteiger charge is -2.22. The van der Waals surface area contributed by atoms with Gasteiger partial charge in [-0.15, -0.1) is 0 Å². The number of carbonyl (C=O) groups excluding carboxylic acids is 1. The van der Waals surface area contributed by atoms with Crippen LogP contribution in [0.5, 0.6) is 0 Å². The van der Waals surface area contributed by atoms with Crippen LogP contribution < -0.4 is 5.32 Å². The summed E-state index contributed by atoms with van der Waals surface area (Å²) in [5.41, 5.74) is 0. The van der Waals surface area contributed by atoms with E-state index in [1.54, 1.807) is 0 Å². The number of hydrogen-bond acceptors (Lipinski definition) is 2. The van der Waals surface area contributed by atoms with Gasteiger partial charge in [-0.05, 0) is 6.42 Å². The van der Waals surface area contributed by atoms with Gasteiger partial charge in [0.2, 0.25) is 11.8 Å². The number of carboxylic acids is 1. The predicted octanol–water partition coefficient (Wildman–Crippen LogP) is 1.95. The van der Waals surface area contributed by atoms with E-state index in [9.17, 15) is 35.9 Å². The van der Waals surface area contributed by atoms with E-state index in [1.807, 2.05) is 0 Å². The zero-order chi connectivity index (χ0) is 15.4. The molecular weight excluding hydrogens is 284 g/mol. The van der Waals surface area contributed by atoms with E-state index < -0.39 is 42.6 Å². The van der Waals surface area contributed by atoms with Gasteiger partial charge in [0, 0.05) is 6.54 Å². The minimum atomic E-state index is -5.78. The lowest BCUT2D eigenvalue weighted by molar-refractivity contribution is -0.274. The highest BCUT2D eigenvalue weighted by Gasteiger charge is 2.61. The van der Waals surface area contributed by atoms with E-state index in [0.29, 0.717) is 0 Å². The van der Waals surface area contributed by atoms with Crippen molar-refractivity contribution in [1.82, 2.24) is 5.32 Å². The van der Waals surface area contributed by atoms with Crippen LogP contribution in [0.15, 0.2) is 0 Å². The maximum Gasteiger partial charge on any atom is 0.409 e. The summed E-state index contributed by atoms with van der Waals surface area (Å²) < 4.78 is 72.8. The van der Waals surface area contributed by atoms with Crippen molar-refractivity contribution in [3.8, 4) is 0 Å². The highest BCUT2D eigenvalue weighted by atomic mass is 19.4. The van der Waals surface area contributed by atoms with E-state index in [4.69, 9.17) is 5.11 Å². The molecule has 0 saturated heterocycles. The van der Waals surface area contributed by atoms with Gasteiger partial charge in [-0.2, -0.15) is 26.3 Å². The number of carboxylic acid groups (broad SMARTS) is 1. The van der Waals surface area contributed by atoms with Crippen molar-refractivity contribution in [3.63, 3.8) is 0 Å². The van der Waals surface area contributed by atoms with Crippen molar-refractivity contribution in [1.29, 1.82) is 0 Å². The predicted molar refractivity (Wildman–Crippen MR) is 50.0 cm³/mol. The molecule has 0 spiro atoms. The molecule has 0 aromatic heterocycles. The Labute approximate surface area is 103 Å². The highest BCUT2D eigenvalue weighted by molar-refractivity contribution is 5.81. The van der Waals surface area contributed by atoms with Crippen LogP contribution in [-0.4, -0.2) is 35.9 Å². The van der Waals surface area contributed by atoms with E-state index in [0.717, 1.165) is 0 Å². The Morgan fingerprint density at radius 3 is 1.79 bits per heavy atom. The Bertz CT molecular complexity index is 324. The second kappa shape index (κ2) is 6.11. The number of alkyl halides is 6. The van der Waals surface area contributed by atoms with Crippen LogP contribution in [0.2, 0.25) is 0 Å². The zero-order valence-corrected chi connectivity index (χ0v) is 9.60. The van der Waals surface area contributed by atoms with Crippen LogP contribution in [0.1, 0.15) is 13.3 Å². The highest BCUT2D eigenvalue weighted by Crippen LogP contribution is 2.39.